The van der Waals surface area contributed by atoms with Gasteiger partial charge in [-0.15, -0.1) is 0 Å². The summed E-state index contributed by atoms with van der Waals surface area (Å²) in [6, 6.07) is 2.49. The molecular weight excluding hydrogens is 368 g/mol. The van der Waals surface area contributed by atoms with E-state index >= 15 is 0 Å². The number of nitro groups is 1. The first-order valence-electron chi connectivity index (χ1n) is 9.40. The quantitative estimate of drug-likeness (QED) is 0.440. The molecule has 3 rings (SSSR count). The summed E-state index contributed by atoms with van der Waals surface area (Å²) in [5.41, 5.74) is -0.720. The van der Waals surface area contributed by atoms with Gasteiger partial charge in [0.05, 0.1) is 11.0 Å². The fourth-order valence-corrected chi connectivity index (χ4v) is 3.73. The Hall–Kier alpha value is -2.84. The molecule has 0 spiro atoms. The highest BCUT2D eigenvalue weighted by Gasteiger charge is 2.35. The fraction of sp³-hybridized carbons (Fsp3) is 0.579. The van der Waals surface area contributed by atoms with E-state index in [2.05, 4.69) is 0 Å². The second-order valence-electron chi connectivity index (χ2n) is 7.19. The fourth-order valence-electron chi connectivity index (χ4n) is 3.73. The van der Waals surface area contributed by atoms with Gasteiger partial charge < -0.3 is 19.1 Å². The number of ether oxygens (including phenoxy) is 3. The van der Waals surface area contributed by atoms with Crippen molar-refractivity contribution in [2.45, 2.75) is 58.2 Å². The first-order chi connectivity index (χ1) is 13.3. The predicted molar refractivity (Wildman–Crippen MR) is 98.6 cm³/mol. The molecular formula is C19H24N2O7. The number of nitrogens with zero attached hydrogens (tertiary/aromatic N) is 2. The summed E-state index contributed by atoms with van der Waals surface area (Å²) in [6.45, 7) is 5.96. The van der Waals surface area contributed by atoms with E-state index in [1.807, 2.05) is 13.8 Å². The van der Waals surface area contributed by atoms with E-state index in [1.165, 1.54) is 13.0 Å². The molecule has 1 fully saturated rings. The van der Waals surface area contributed by atoms with E-state index in [9.17, 15) is 19.7 Å². The van der Waals surface area contributed by atoms with Gasteiger partial charge in [-0.3, -0.25) is 14.9 Å². The van der Waals surface area contributed by atoms with E-state index in [1.54, 1.807) is 4.90 Å². The molecule has 2 heterocycles. The highest BCUT2D eigenvalue weighted by Crippen LogP contribution is 2.37. The molecule has 0 radical (unpaired) electrons. The highest BCUT2D eigenvalue weighted by atomic mass is 16.6. The zero-order valence-electron chi connectivity index (χ0n) is 16.2. The van der Waals surface area contributed by atoms with E-state index in [4.69, 9.17) is 14.2 Å². The average molecular weight is 392 g/mol. The number of fused-ring (bicyclic) bond motifs is 1. The van der Waals surface area contributed by atoms with Gasteiger partial charge in [0.25, 0.3) is 11.6 Å². The highest BCUT2D eigenvalue weighted by molar-refractivity contribution is 5.96. The number of rotatable bonds is 4. The molecule has 9 heteroatoms. The molecule has 1 aromatic rings. The number of amides is 1. The Balaban J connectivity index is 1.80. The van der Waals surface area contributed by atoms with Crippen molar-refractivity contribution in [3.05, 3.63) is 27.8 Å². The van der Waals surface area contributed by atoms with E-state index in [0.717, 1.165) is 25.3 Å². The Morgan fingerprint density at radius 2 is 1.75 bits per heavy atom. The first-order valence-corrected chi connectivity index (χ1v) is 9.40. The molecule has 2 aliphatic rings. The Labute approximate surface area is 162 Å². The Morgan fingerprint density at radius 3 is 2.32 bits per heavy atom. The minimum Gasteiger partial charge on any atom is -0.486 e. The first kappa shape index (κ1) is 19.9. The SMILES string of the molecule is C[C@@H](OC(=O)c1cc2c(cc1[N+](=O)[O-])OCCO2)C(=O)N1[C@@H](C)CCC[C@@H]1C. The second-order valence-corrected chi connectivity index (χ2v) is 7.19. The summed E-state index contributed by atoms with van der Waals surface area (Å²) < 4.78 is 16.0. The zero-order chi connectivity index (χ0) is 20.4. The van der Waals surface area contributed by atoms with Crippen molar-refractivity contribution in [2.24, 2.45) is 0 Å². The third kappa shape index (κ3) is 3.88. The number of benzene rings is 1. The van der Waals surface area contributed by atoms with Crippen molar-refractivity contribution in [1.29, 1.82) is 0 Å². The van der Waals surface area contributed by atoms with Crippen LogP contribution in [0.2, 0.25) is 0 Å². The number of hydrogen-bond acceptors (Lipinski definition) is 7. The Kier molecular flexibility index (Phi) is 5.71. The van der Waals surface area contributed by atoms with Crippen LogP contribution in [-0.4, -0.2) is 53.1 Å². The minimum atomic E-state index is -1.05. The number of esters is 1. The monoisotopic (exact) mass is 392 g/mol. The number of likely N-dealkylation sites (tertiary alicyclic amines) is 1. The van der Waals surface area contributed by atoms with Gasteiger partial charge in [-0.2, -0.15) is 0 Å². The molecule has 0 unspecified atom stereocenters. The molecule has 1 saturated heterocycles. The summed E-state index contributed by atoms with van der Waals surface area (Å²) in [5.74, 6) is -0.800. The van der Waals surface area contributed by atoms with E-state index in [0.29, 0.717) is 0 Å². The number of carbonyl (C=O) groups is 2. The van der Waals surface area contributed by atoms with Crippen LogP contribution < -0.4 is 9.47 Å². The van der Waals surface area contributed by atoms with Crippen LogP contribution in [0.3, 0.4) is 0 Å². The largest absolute Gasteiger partial charge is 0.486 e. The van der Waals surface area contributed by atoms with Gasteiger partial charge in [0.2, 0.25) is 0 Å². The normalized spacial score (nSPS) is 22.3. The van der Waals surface area contributed by atoms with E-state index in [-0.39, 0.29) is 48.3 Å². The lowest BCUT2D eigenvalue weighted by Gasteiger charge is -2.40. The number of hydrogen-bond donors (Lipinski definition) is 0. The van der Waals surface area contributed by atoms with Crippen LogP contribution in [0.15, 0.2) is 12.1 Å². The molecule has 152 valence electrons. The van der Waals surface area contributed by atoms with Gasteiger partial charge in [0, 0.05) is 18.2 Å². The summed E-state index contributed by atoms with van der Waals surface area (Å²) in [5, 5.41) is 11.4. The van der Waals surface area contributed by atoms with Crippen molar-refractivity contribution in [3.8, 4) is 11.5 Å². The third-order valence-electron chi connectivity index (χ3n) is 5.16. The van der Waals surface area contributed by atoms with Gasteiger partial charge in [0.15, 0.2) is 17.6 Å². The van der Waals surface area contributed by atoms with Crippen molar-refractivity contribution >= 4 is 17.6 Å². The molecule has 9 nitrogen and oxygen atoms in total. The van der Waals surface area contributed by atoms with Crippen molar-refractivity contribution in [3.63, 3.8) is 0 Å². The third-order valence-corrected chi connectivity index (χ3v) is 5.16. The van der Waals surface area contributed by atoms with Crippen molar-refractivity contribution in [1.82, 2.24) is 4.90 Å². The van der Waals surface area contributed by atoms with Crippen LogP contribution in [0.5, 0.6) is 11.5 Å². The molecule has 28 heavy (non-hydrogen) atoms. The molecule has 1 aromatic carbocycles. The molecule has 3 atom stereocenters. The predicted octanol–water partition coefficient (Wildman–Crippen LogP) is 2.70. The Bertz CT molecular complexity index is 785. The van der Waals surface area contributed by atoms with Crippen LogP contribution in [-0.2, 0) is 9.53 Å². The Morgan fingerprint density at radius 1 is 1.18 bits per heavy atom. The molecule has 0 saturated carbocycles. The average Bonchev–Trinajstić information content (AvgIpc) is 2.66. The van der Waals surface area contributed by atoms with Gasteiger partial charge in [-0.05, 0) is 40.0 Å². The molecule has 0 bridgehead atoms. The summed E-state index contributed by atoms with van der Waals surface area (Å²) in [6.07, 6.45) is 1.78. The van der Waals surface area contributed by atoms with E-state index < -0.39 is 22.7 Å². The summed E-state index contributed by atoms with van der Waals surface area (Å²) >= 11 is 0. The van der Waals surface area contributed by atoms with Crippen molar-refractivity contribution in [2.75, 3.05) is 13.2 Å². The maximum absolute atomic E-state index is 12.8. The maximum atomic E-state index is 12.8. The standard InChI is InChI=1S/C19H24N2O7/c1-11-5-4-6-12(2)20(11)18(22)13(3)28-19(23)14-9-16-17(27-8-7-26-16)10-15(14)21(24)25/h9-13H,4-8H2,1-3H3/t11-,12-,13+/m0/s1. The lowest BCUT2D eigenvalue weighted by Crippen LogP contribution is -2.51. The molecule has 1 amide bonds. The summed E-state index contributed by atoms with van der Waals surface area (Å²) in [7, 11) is 0. The number of carbonyl (C=O) groups excluding carboxylic acids is 2. The smallest absolute Gasteiger partial charge is 0.346 e. The van der Waals surface area contributed by atoms with Gasteiger partial charge >= 0.3 is 5.97 Å². The topological polar surface area (TPSA) is 108 Å². The molecule has 0 aromatic heterocycles. The van der Waals surface area contributed by atoms with Crippen LogP contribution in [0.1, 0.15) is 50.4 Å². The van der Waals surface area contributed by atoms with Crippen molar-refractivity contribution < 1.29 is 28.7 Å². The second kappa shape index (κ2) is 8.04. The van der Waals surface area contributed by atoms with Crippen LogP contribution >= 0.6 is 0 Å². The molecule has 0 aliphatic carbocycles. The lowest BCUT2D eigenvalue weighted by molar-refractivity contribution is -0.385. The number of nitro benzene ring substituents is 1. The van der Waals surface area contributed by atoms with Gasteiger partial charge in [-0.1, -0.05) is 0 Å². The minimum absolute atomic E-state index is 0.0565. The van der Waals surface area contributed by atoms with Crippen LogP contribution in [0.25, 0.3) is 0 Å². The molecule has 0 N–H and O–H groups in total. The van der Waals surface area contributed by atoms with Gasteiger partial charge in [0.1, 0.15) is 18.8 Å². The molecule has 2 aliphatic heterocycles. The zero-order valence-corrected chi connectivity index (χ0v) is 16.2. The number of piperidine rings is 1. The van der Waals surface area contributed by atoms with Crippen LogP contribution in [0, 0.1) is 10.1 Å². The summed E-state index contributed by atoms with van der Waals surface area (Å²) in [4.78, 5) is 37.9. The van der Waals surface area contributed by atoms with Gasteiger partial charge in [-0.25, -0.2) is 4.79 Å². The maximum Gasteiger partial charge on any atom is 0.346 e. The lowest BCUT2D eigenvalue weighted by atomic mass is 9.97. The van der Waals surface area contributed by atoms with Crippen LogP contribution in [0.4, 0.5) is 5.69 Å².